The Balaban J connectivity index is 1.64. The van der Waals surface area contributed by atoms with E-state index in [9.17, 15) is 4.79 Å². The van der Waals surface area contributed by atoms with E-state index in [1.165, 1.54) is 11.1 Å². The fourth-order valence-corrected chi connectivity index (χ4v) is 3.57. The monoisotopic (exact) mass is 352 g/mol. The summed E-state index contributed by atoms with van der Waals surface area (Å²) in [7, 11) is 0. The summed E-state index contributed by atoms with van der Waals surface area (Å²) in [6.45, 7) is 4.00. The standard InChI is InChI=1S/C22H28N2O2/c1-2-13-24-14-12-19(22(23)25)16-21(24)26-20-10-8-18(9-11-20)15-17-6-4-3-5-7-17/h3-11,19,21H,2,12-16H2,1H3,(H2,23,25). The summed E-state index contributed by atoms with van der Waals surface area (Å²) >= 11 is 0. The molecule has 2 N–H and O–H groups in total. The van der Waals surface area contributed by atoms with Crippen LogP contribution in [0.5, 0.6) is 5.75 Å². The molecule has 1 aliphatic heterocycles. The van der Waals surface area contributed by atoms with Gasteiger partial charge < -0.3 is 10.5 Å². The van der Waals surface area contributed by atoms with E-state index in [2.05, 4.69) is 48.2 Å². The molecule has 2 aromatic carbocycles. The van der Waals surface area contributed by atoms with Crippen LogP contribution >= 0.6 is 0 Å². The Morgan fingerprint density at radius 3 is 2.46 bits per heavy atom. The maximum atomic E-state index is 11.6. The molecule has 4 nitrogen and oxygen atoms in total. The van der Waals surface area contributed by atoms with E-state index in [0.717, 1.165) is 38.1 Å². The van der Waals surface area contributed by atoms with Crippen LogP contribution in [-0.2, 0) is 11.2 Å². The van der Waals surface area contributed by atoms with Crippen LogP contribution in [0.3, 0.4) is 0 Å². The third-order valence-electron chi connectivity index (χ3n) is 5.02. The molecule has 1 amide bonds. The molecule has 2 unspecified atom stereocenters. The average molecular weight is 352 g/mol. The first-order chi connectivity index (χ1) is 12.7. The minimum Gasteiger partial charge on any atom is -0.475 e. The lowest BCUT2D eigenvalue weighted by atomic mass is 9.94. The minimum absolute atomic E-state index is 0.0822. The Bertz CT molecular complexity index is 700. The van der Waals surface area contributed by atoms with E-state index in [0.29, 0.717) is 6.42 Å². The van der Waals surface area contributed by atoms with Gasteiger partial charge in [-0.25, -0.2) is 0 Å². The van der Waals surface area contributed by atoms with Crippen LogP contribution in [0.2, 0.25) is 0 Å². The van der Waals surface area contributed by atoms with Gasteiger partial charge in [0.25, 0.3) is 0 Å². The van der Waals surface area contributed by atoms with Gasteiger partial charge in [-0.3, -0.25) is 9.69 Å². The van der Waals surface area contributed by atoms with Crippen LogP contribution < -0.4 is 10.5 Å². The number of amides is 1. The van der Waals surface area contributed by atoms with Gasteiger partial charge >= 0.3 is 0 Å². The van der Waals surface area contributed by atoms with Crippen molar-refractivity contribution in [1.82, 2.24) is 4.90 Å². The topological polar surface area (TPSA) is 55.6 Å². The smallest absolute Gasteiger partial charge is 0.220 e. The molecule has 0 aromatic heterocycles. The number of rotatable bonds is 7. The number of nitrogens with zero attached hydrogens (tertiary/aromatic N) is 1. The lowest BCUT2D eigenvalue weighted by Crippen LogP contribution is -2.48. The molecular weight excluding hydrogens is 324 g/mol. The van der Waals surface area contributed by atoms with Crippen molar-refractivity contribution in [3.63, 3.8) is 0 Å². The highest BCUT2D eigenvalue weighted by Crippen LogP contribution is 2.26. The summed E-state index contributed by atoms with van der Waals surface area (Å²) in [6, 6.07) is 18.7. The van der Waals surface area contributed by atoms with Gasteiger partial charge in [0, 0.05) is 25.4 Å². The number of carbonyl (C=O) groups excluding carboxylic acids is 1. The summed E-state index contributed by atoms with van der Waals surface area (Å²) < 4.78 is 6.22. The highest BCUT2D eigenvalue weighted by molar-refractivity contribution is 5.76. The first-order valence-electron chi connectivity index (χ1n) is 9.48. The van der Waals surface area contributed by atoms with Crippen molar-refractivity contribution < 1.29 is 9.53 Å². The van der Waals surface area contributed by atoms with E-state index in [1.54, 1.807) is 0 Å². The largest absolute Gasteiger partial charge is 0.475 e. The molecule has 0 bridgehead atoms. The van der Waals surface area contributed by atoms with Crippen molar-refractivity contribution in [1.29, 1.82) is 0 Å². The van der Waals surface area contributed by atoms with Crippen LogP contribution in [-0.4, -0.2) is 30.1 Å². The van der Waals surface area contributed by atoms with E-state index >= 15 is 0 Å². The molecule has 1 heterocycles. The number of piperidine rings is 1. The van der Waals surface area contributed by atoms with Crippen molar-refractivity contribution in [2.75, 3.05) is 13.1 Å². The van der Waals surface area contributed by atoms with Crippen LogP contribution in [0.4, 0.5) is 0 Å². The van der Waals surface area contributed by atoms with Crippen molar-refractivity contribution >= 4 is 5.91 Å². The Morgan fingerprint density at radius 2 is 1.81 bits per heavy atom. The zero-order valence-corrected chi connectivity index (χ0v) is 15.4. The summed E-state index contributed by atoms with van der Waals surface area (Å²) in [6.07, 6.45) is 3.39. The maximum absolute atomic E-state index is 11.6. The minimum atomic E-state index is -0.215. The molecule has 138 valence electrons. The van der Waals surface area contributed by atoms with E-state index in [-0.39, 0.29) is 18.1 Å². The molecule has 1 aliphatic rings. The number of primary amides is 1. The fourth-order valence-electron chi connectivity index (χ4n) is 3.57. The van der Waals surface area contributed by atoms with Gasteiger partial charge in [-0.1, -0.05) is 49.4 Å². The molecule has 1 fully saturated rings. The molecule has 26 heavy (non-hydrogen) atoms. The summed E-state index contributed by atoms with van der Waals surface area (Å²) in [5.74, 6) is 0.538. The highest BCUT2D eigenvalue weighted by Gasteiger charge is 2.32. The first-order valence-corrected chi connectivity index (χ1v) is 9.48. The second-order valence-electron chi connectivity index (χ2n) is 7.04. The molecule has 0 radical (unpaired) electrons. The molecule has 1 saturated heterocycles. The van der Waals surface area contributed by atoms with Gasteiger partial charge in [-0.05, 0) is 42.5 Å². The average Bonchev–Trinajstić information content (AvgIpc) is 2.65. The van der Waals surface area contributed by atoms with E-state index in [1.807, 2.05) is 18.2 Å². The third kappa shape index (κ3) is 4.85. The second-order valence-corrected chi connectivity index (χ2v) is 7.04. The molecule has 3 rings (SSSR count). The van der Waals surface area contributed by atoms with E-state index < -0.39 is 0 Å². The Hall–Kier alpha value is -2.33. The Labute approximate surface area is 156 Å². The lowest BCUT2D eigenvalue weighted by Gasteiger charge is -2.38. The molecule has 0 saturated carbocycles. The molecule has 4 heteroatoms. The number of carbonyl (C=O) groups is 1. The second kappa shape index (κ2) is 8.86. The molecular formula is C22H28N2O2. The summed E-state index contributed by atoms with van der Waals surface area (Å²) in [4.78, 5) is 13.9. The zero-order chi connectivity index (χ0) is 18.4. The SMILES string of the molecule is CCCN1CCC(C(N)=O)CC1Oc1ccc(Cc2ccccc2)cc1. The molecule has 0 aliphatic carbocycles. The van der Waals surface area contributed by atoms with E-state index in [4.69, 9.17) is 10.5 Å². The lowest BCUT2D eigenvalue weighted by molar-refractivity contribution is -0.126. The van der Waals surface area contributed by atoms with Crippen molar-refractivity contribution in [2.45, 2.75) is 38.8 Å². The van der Waals surface area contributed by atoms with Gasteiger partial charge in [0.15, 0.2) is 6.23 Å². The van der Waals surface area contributed by atoms with Gasteiger partial charge in [0.05, 0.1) is 0 Å². The van der Waals surface area contributed by atoms with Crippen LogP contribution in [0.25, 0.3) is 0 Å². The van der Waals surface area contributed by atoms with Gasteiger partial charge in [0.2, 0.25) is 5.91 Å². The van der Waals surface area contributed by atoms with Crippen molar-refractivity contribution in [3.05, 3.63) is 65.7 Å². The summed E-state index contributed by atoms with van der Waals surface area (Å²) in [5.41, 5.74) is 8.08. The van der Waals surface area contributed by atoms with Crippen LogP contribution in [0, 0.1) is 5.92 Å². The predicted octanol–water partition coefficient (Wildman–Crippen LogP) is 3.59. The Morgan fingerprint density at radius 1 is 1.12 bits per heavy atom. The molecule has 2 aromatic rings. The third-order valence-corrected chi connectivity index (χ3v) is 5.02. The number of likely N-dealkylation sites (tertiary alicyclic amines) is 1. The van der Waals surface area contributed by atoms with Crippen LogP contribution in [0.15, 0.2) is 54.6 Å². The van der Waals surface area contributed by atoms with Crippen molar-refractivity contribution in [2.24, 2.45) is 11.7 Å². The Kier molecular flexibility index (Phi) is 6.29. The number of hydrogen-bond donors (Lipinski definition) is 1. The van der Waals surface area contributed by atoms with Crippen molar-refractivity contribution in [3.8, 4) is 5.75 Å². The summed E-state index contributed by atoms with van der Waals surface area (Å²) in [5, 5.41) is 0. The number of nitrogens with two attached hydrogens (primary N) is 1. The quantitative estimate of drug-likeness (QED) is 0.828. The predicted molar refractivity (Wildman–Crippen MR) is 104 cm³/mol. The van der Waals surface area contributed by atoms with Gasteiger partial charge in [-0.2, -0.15) is 0 Å². The fraction of sp³-hybridized carbons (Fsp3) is 0.409. The number of benzene rings is 2. The first kappa shape index (κ1) is 18.5. The maximum Gasteiger partial charge on any atom is 0.220 e. The molecule has 2 atom stereocenters. The highest BCUT2D eigenvalue weighted by atomic mass is 16.5. The van der Waals surface area contributed by atoms with Gasteiger partial charge in [0.1, 0.15) is 5.75 Å². The number of ether oxygens (including phenoxy) is 1. The zero-order valence-electron chi connectivity index (χ0n) is 15.4. The molecule has 0 spiro atoms. The normalized spacial score (nSPS) is 20.7. The van der Waals surface area contributed by atoms with Crippen LogP contribution in [0.1, 0.15) is 37.3 Å². The number of hydrogen-bond acceptors (Lipinski definition) is 3. The van der Waals surface area contributed by atoms with Gasteiger partial charge in [-0.15, -0.1) is 0 Å².